The lowest BCUT2D eigenvalue weighted by Gasteiger charge is -2.20. The minimum Gasteiger partial charge on any atom is -0.550 e. The van der Waals surface area contributed by atoms with Gasteiger partial charge in [0.15, 0.2) is 0 Å². The van der Waals surface area contributed by atoms with Crippen LogP contribution in [-0.2, 0) is 9.59 Å². The molecule has 1 fully saturated rings. The van der Waals surface area contributed by atoms with Crippen molar-refractivity contribution in [1.29, 1.82) is 0 Å². The van der Waals surface area contributed by atoms with E-state index in [1.807, 2.05) is 0 Å². The summed E-state index contributed by atoms with van der Waals surface area (Å²) in [5, 5.41) is 14.1. The number of rotatable bonds is 1. The zero-order valence-corrected chi connectivity index (χ0v) is 8.71. The quantitative estimate of drug-likeness (QED) is 0.497. The molecular formula is C9H18N2O3. The van der Waals surface area contributed by atoms with Crippen LogP contribution in [0.1, 0.15) is 26.7 Å². The first-order chi connectivity index (χ1) is 6.52. The maximum absolute atomic E-state index is 10.6. The van der Waals surface area contributed by atoms with Gasteiger partial charge in [0.1, 0.15) is 0 Å². The van der Waals surface area contributed by atoms with E-state index in [1.54, 1.807) is 6.92 Å². The molecule has 14 heavy (non-hydrogen) atoms. The SMILES string of the molecule is CC(=O)NC1CC[NH2+]CC1.CC(=O)[O-]. The van der Waals surface area contributed by atoms with E-state index in [1.165, 1.54) is 0 Å². The summed E-state index contributed by atoms with van der Waals surface area (Å²) in [7, 11) is 0. The fourth-order valence-corrected chi connectivity index (χ4v) is 1.36. The number of nitrogens with one attached hydrogen (secondary N) is 1. The van der Waals surface area contributed by atoms with Crippen molar-refractivity contribution < 1.29 is 20.0 Å². The summed E-state index contributed by atoms with van der Waals surface area (Å²) < 4.78 is 0. The number of aliphatic carboxylic acids is 1. The minimum absolute atomic E-state index is 0.104. The lowest BCUT2D eigenvalue weighted by molar-refractivity contribution is -0.663. The summed E-state index contributed by atoms with van der Waals surface area (Å²) >= 11 is 0. The first-order valence-corrected chi connectivity index (χ1v) is 4.78. The third-order valence-corrected chi connectivity index (χ3v) is 1.85. The molecule has 0 radical (unpaired) electrons. The molecule has 5 heteroatoms. The second kappa shape index (κ2) is 7.32. The normalized spacial score (nSPS) is 16.4. The lowest BCUT2D eigenvalue weighted by atomic mass is 10.1. The third kappa shape index (κ3) is 8.99. The number of carbonyl (C=O) groups is 2. The van der Waals surface area contributed by atoms with Crippen LogP contribution >= 0.6 is 0 Å². The fraction of sp³-hybridized carbons (Fsp3) is 0.778. The van der Waals surface area contributed by atoms with Gasteiger partial charge >= 0.3 is 0 Å². The molecule has 1 saturated heterocycles. The molecule has 0 bridgehead atoms. The van der Waals surface area contributed by atoms with Crippen LogP contribution in [0.3, 0.4) is 0 Å². The van der Waals surface area contributed by atoms with Gasteiger partial charge < -0.3 is 20.5 Å². The van der Waals surface area contributed by atoms with E-state index in [9.17, 15) is 4.79 Å². The van der Waals surface area contributed by atoms with Crippen LogP contribution in [0, 0.1) is 0 Å². The van der Waals surface area contributed by atoms with E-state index in [0.29, 0.717) is 6.04 Å². The van der Waals surface area contributed by atoms with Gasteiger partial charge in [-0.3, -0.25) is 4.79 Å². The average molecular weight is 202 g/mol. The molecule has 0 unspecified atom stereocenters. The molecule has 0 aromatic rings. The molecule has 3 N–H and O–H groups in total. The van der Waals surface area contributed by atoms with Crippen LogP contribution in [0.25, 0.3) is 0 Å². The number of hydrogen-bond acceptors (Lipinski definition) is 3. The average Bonchev–Trinajstić information content (AvgIpc) is 2.03. The van der Waals surface area contributed by atoms with Gasteiger partial charge in [-0.25, -0.2) is 0 Å². The number of carboxylic acid groups (broad SMARTS) is 1. The maximum Gasteiger partial charge on any atom is 0.217 e. The summed E-state index contributed by atoms with van der Waals surface area (Å²) in [6.45, 7) is 4.87. The summed E-state index contributed by atoms with van der Waals surface area (Å²) in [5.41, 5.74) is 0. The Morgan fingerprint density at radius 1 is 1.29 bits per heavy atom. The van der Waals surface area contributed by atoms with E-state index in [4.69, 9.17) is 9.90 Å². The van der Waals surface area contributed by atoms with E-state index >= 15 is 0 Å². The maximum atomic E-state index is 10.6. The van der Waals surface area contributed by atoms with Crippen molar-refractivity contribution in [2.75, 3.05) is 13.1 Å². The number of piperidine rings is 1. The van der Waals surface area contributed by atoms with Gasteiger partial charge in [0, 0.05) is 31.8 Å². The minimum atomic E-state index is -1.08. The highest BCUT2D eigenvalue weighted by Gasteiger charge is 2.14. The number of nitrogens with two attached hydrogens (primary N) is 1. The van der Waals surface area contributed by atoms with Crippen molar-refractivity contribution in [2.45, 2.75) is 32.7 Å². The Bertz CT molecular complexity index is 184. The van der Waals surface area contributed by atoms with Gasteiger partial charge in [0.2, 0.25) is 5.91 Å². The zero-order chi connectivity index (χ0) is 11.0. The van der Waals surface area contributed by atoms with Crippen molar-refractivity contribution >= 4 is 11.9 Å². The standard InChI is InChI=1S/C7H14N2O.C2H4O2/c1-6(10)9-7-2-4-8-5-3-7;1-2(3)4/h7-8H,2-5H2,1H3,(H,9,10);1H3,(H,3,4). The van der Waals surface area contributed by atoms with Crippen LogP contribution in [0.4, 0.5) is 0 Å². The number of hydrogen-bond donors (Lipinski definition) is 2. The van der Waals surface area contributed by atoms with E-state index in [-0.39, 0.29) is 5.91 Å². The highest BCUT2D eigenvalue weighted by molar-refractivity contribution is 5.73. The summed E-state index contributed by atoms with van der Waals surface area (Å²) in [6, 6.07) is 0.447. The molecule has 82 valence electrons. The van der Waals surface area contributed by atoms with E-state index < -0.39 is 5.97 Å². The van der Waals surface area contributed by atoms with Gasteiger partial charge in [-0.05, 0) is 6.92 Å². The van der Waals surface area contributed by atoms with E-state index in [2.05, 4.69) is 10.6 Å². The monoisotopic (exact) mass is 202 g/mol. The molecule has 1 aliphatic heterocycles. The molecule has 1 amide bonds. The molecule has 0 aromatic carbocycles. The Labute approximate surface area is 83.9 Å². The van der Waals surface area contributed by atoms with Gasteiger partial charge in [-0.15, -0.1) is 0 Å². The molecule has 5 nitrogen and oxygen atoms in total. The third-order valence-electron chi connectivity index (χ3n) is 1.85. The Morgan fingerprint density at radius 3 is 2.07 bits per heavy atom. The molecule has 0 saturated carbocycles. The van der Waals surface area contributed by atoms with Crippen LogP contribution in [0.5, 0.6) is 0 Å². The molecule has 1 aliphatic rings. The van der Waals surface area contributed by atoms with Crippen molar-refractivity contribution in [1.82, 2.24) is 5.32 Å². The summed E-state index contributed by atoms with van der Waals surface area (Å²) in [5.74, 6) is -0.980. The second-order valence-electron chi connectivity index (χ2n) is 3.33. The van der Waals surface area contributed by atoms with E-state index in [0.717, 1.165) is 32.9 Å². The lowest BCUT2D eigenvalue weighted by Crippen LogP contribution is -2.87. The first kappa shape index (κ1) is 12.9. The Morgan fingerprint density at radius 2 is 1.71 bits per heavy atom. The van der Waals surface area contributed by atoms with Crippen LogP contribution < -0.4 is 15.7 Å². The van der Waals surface area contributed by atoms with Gasteiger partial charge in [0.05, 0.1) is 13.1 Å². The van der Waals surface area contributed by atoms with Crippen LogP contribution in [0.2, 0.25) is 0 Å². The highest BCUT2D eigenvalue weighted by Crippen LogP contribution is 1.96. The molecule has 1 heterocycles. The van der Waals surface area contributed by atoms with Crippen molar-refractivity contribution in [3.05, 3.63) is 0 Å². The fourth-order valence-electron chi connectivity index (χ4n) is 1.36. The Hall–Kier alpha value is -1.10. The summed E-state index contributed by atoms with van der Waals surface area (Å²) in [4.78, 5) is 19.5. The summed E-state index contributed by atoms with van der Waals surface area (Å²) in [6.07, 6.45) is 2.25. The molecule has 1 rings (SSSR count). The van der Waals surface area contributed by atoms with Gasteiger partial charge in [0.25, 0.3) is 0 Å². The molecule has 0 aromatic heterocycles. The van der Waals surface area contributed by atoms with Gasteiger partial charge in [-0.2, -0.15) is 0 Å². The molecule has 0 aliphatic carbocycles. The number of carboxylic acids is 1. The van der Waals surface area contributed by atoms with Crippen molar-refractivity contribution in [2.24, 2.45) is 0 Å². The zero-order valence-electron chi connectivity index (χ0n) is 8.71. The van der Waals surface area contributed by atoms with Crippen molar-refractivity contribution in [3.63, 3.8) is 0 Å². The second-order valence-corrected chi connectivity index (χ2v) is 3.33. The topological polar surface area (TPSA) is 85.8 Å². The predicted molar refractivity (Wildman–Crippen MR) is 49.2 cm³/mol. The number of quaternary nitrogens is 1. The molecule has 0 atom stereocenters. The molecule has 0 spiro atoms. The first-order valence-electron chi connectivity index (χ1n) is 4.78. The Balaban J connectivity index is 0.000000364. The van der Waals surface area contributed by atoms with Gasteiger partial charge in [-0.1, -0.05) is 0 Å². The molecular weight excluding hydrogens is 184 g/mol. The number of carbonyl (C=O) groups excluding carboxylic acids is 2. The van der Waals surface area contributed by atoms with Crippen molar-refractivity contribution in [3.8, 4) is 0 Å². The Kier molecular flexibility index (Phi) is 6.74. The number of amides is 1. The van der Waals surface area contributed by atoms with Crippen LogP contribution in [0.15, 0.2) is 0 Å². The van der Waals surface area contributed by atoms with Crippen LogP contribution in [-0.4, -0.2) is 31.0 Å². The largest absolute Gasteiger partial charge is 0.550 e. The smallest absolute Gasteiger partial charge is 0.217 e. The highest BCUT2D eigenvalue weighted by atomic mass is 16.4. The predicted octanol–water partition coefficient (Wildman–Crippen LogP) is -2.40.